The molecule has 13 heavy (non-hydrogen) atoms. The van der Waals surface area contributed by atoms with Crippen LogP contribution in [-0.2, 0) is 6.42 Å². The summed E-state index contributed by atoms with van der Waals surface area (Å²) in [7, 11) is 0. The van der Waals surface area contributed by atoms with Gasteiger partial charge in [0.15, 0.2) is 0 Å². The zero-order chi connectivity index (χ0) is 10.0. The van der Waals surface area contributed by atoms with Crippen LogP contribution in [0, 0.1) is 6.92 Å². The zero-order valence-electron chi connectivity index (χ0n) is 7.87. The van der Waals surface area contributed by atoms with Crippen molar-refractivity contribution in [1.29, 1.82) is 0 Å². The molecule has 0 amide bonds. The third kappa shape index (κ3) is 1.63. The molecule has 0 unspecified atom stereocenters. The molecular formula is C8H14N4O. The van der Waals surface area contributed by atoms with E-state index >= 15 is 0 Å². The van der Waals surface area contributed by atoms with Gasteiger partial charge in [0.2, 0.25) is 5.95 Å². The number of hydrogen-bond acceptors (Lipinski definition) is 4. The molecule has 0 aliphatic rings. The summed E-state index contributed by atoms with van der Waals surface area (Å²) >= 11 is 0. The number of nitrogen functional groups attached to an aromatic ring is 2. The molecule has 1 rings (SSSR count). The minimum atomic E-state index is -0.244. The standard InChI is InChI=1S/C8H14N4O/c1-3-4-6-5(2)11-8(9)12(10)7(6)13/h3-4,10H2,1-2H3,(H2,9,11). The molecule has 0 aliphatic carbocycles. The van der Waals surface area contributed by atoms with Gasteiger partial charge in [-0.1, -0.05) is 13.3 Å². The Labute approximate surface area is 76.4 Å². The fourth-order valence-electron chi connectivity index (χ4n) is 1.24. The average molecular weight is 182 g/mol. The van der Waals surface area contributed by atoms with E-state index in [1.807, 2.05) is 6.92 Å². The molecule has 0 saturated carbocycles. The normalized spacial score (nSPS) is 10.3. The molecule has 0 aliphatic heterocycles. The van der Waals surface area contributed by atoms with E-state index in [4.69, 9.17) is 11.6 Å². The van der Waals surface area contributed by atoms with E-state index in [1.54, 1.807) is 6.92 Å². The summed E-state index contributed by atoms with van der Waals surface area (Å²) in [6.07, 6.45) is 1.58. The van der Waals surface area contributed by atoms with Crippen LogP contribution in [0.1, 0.15) is 24.6 Å². The fourth-order valence-corrected chi connectivity index (χ4v) is 1.24. The Morgan fingerprint density at radius 1 is 1.54 bits per heavy atom. The minimum Gasteiger partial charge on any atom is -0.368 e. The number of rotatable bonds is 2. The molecule has 1 aromatic heterocycles. The minimum absolute atomic E-state index is 0.0577. The maximum Gasteiger partial charge on any atom is 0.276 e. The summed E-state index contributed by atoms with van der Waals surface area (Å²) in [5.41, 5.74) is 6.49. The molecular weight excluding hydrogens is 168 g/mol. The Hall–Kier alpha value is -1.52. The van der Waals surface area contributed by atoms with Gasteiger partial charge in [-0.2, -0.15) is 4.68 Å². The van der Waals surface area contributed by atoms with Gasteiger partial charge in [0.05, 0.1) is 5.69 Å². The number of anilines is 1. The van der Waals surface area contributed by atoms with E-state index < -0.39 is 0 Å². The summed E-state index contributed by atoms with van der Waals surface area (Å²) in [4.78, 5) is 15.5. The fraction of sp³-hybridized carbons (Fsp3) is 0.500. The molecule has 1 heterocycles. The van der Waals surface area contributed by atoms with Gasteiger partial charge in [-0.15, -0.1) is 0 Å². The monoisotopic (exact) mass is 182 g/mol. The lowest BCUT2D eigenvalue weighted by Crippen LogP contribution is -2.34. The summed E-state index contributed by atoms with van der Waals surface area (Å²) in [6.45, 7) is 3.76. The van der Waals surface area contributed by atoms with Crippen molar-refractivity contribution in [3.05, 3.63) is 21.6 Å². The second kappa shape index (κ2) is 3.47. The van der Waals surface area contributed by atoms with Crippen LogP contribution in [-0.4, -0.2) is 9.66 Å². The van der Waals surface area contributed by atoms with Crippen molar-refractivity contribution < 1.29 is 0 Å². The van der Waals surface area contributed by atoms with Crippen molar-refractivity contribution in [2.45, 2.75) is 26.7 Å². The summed E-state index contributed by atoms with van der Waals surface area (Å²) < 4.78 is 0.887. The van der Waals surface area contributed by atoms with E-state index in [0.29, 0.717) is 17.7 Å². The topological polar surface area (TPSA) is 86.9 Å². The third-order valence-corrected chi connectivity index (χ3v) is 1.94. The highest BCUT2D eigenvalue weighted by Gasteiger charge is 2.08. The summed E-state index contributed by atoms with van der Waals surface area (Å²) in [5, 5.41) is 0. The molecule has 0 fully saturated rings. The number of aromatic nitrogens is 2. The number of hydrogen-bond donors (Lipinski definition) is 2. The first-order chi connectivity index (χ1) is 6.07. The van der Waals surface area contributed by atoms with Crippen molar-refractivity contribution in [2.75, 3.05) is 11.6 Å². The quantitative estimate of drug-likeness (QED) is 0.620. The van der Waals surface area contributed by atoms with Crippen molar-refractivity contribution in [1.82, 2.24) is 9.66 Å². The first kappa shape index (κ1) is 9.57. The predicted molar refractivity (Wildman–Crippen MR) is 51.8 cm³/mol. The molecule has 0 atom stereocenters. The zero-order valence-corrected chi connectivity index (χ0v) is 7.87. The molecule has 0 bridgehead atoms. The van der Waals surface area contributed by atoms with Crippen LogP contribution in [0.2, 0.25) is 0 Å². The molecule has 1 aromatic rings. The lowest BCUT2D eigenvalue weighted by atomic mass is 10.1. The Kier molecular flexibility index (Phi) is 2.55. The number of nitrogens with two attached hydrogens (primary N) is 2. The third-order valence-electron chi connectivity index (χ3n) is 1.94. The van der Waals surface area contributed by atoms with Gasteiger partial charge in [0, 0.05) is 5.56 Å². The van der Waals surface area contributed by atoms with Crippen LogP contribution < -0.4 is 17.1 Å². The van der Waals surface area contributed by atoms with Gasteiger partial charge in [-0.05, 0) is 13.3 Å². The largest absolute Gasteiger partial charge is 0.368 e. The Bertz CT molecular complexity index is 369. The smallest absolute Gasteiger partial charge is 0.276 e. The molecule has 0 aromatic carbocycles. The van der Waals surface area contributed by atoms with E-state index in [-0.39, 0.29) is 11.5 Å². The lowest BCUT2D eigenvalue weighted by molar-refractivity contribution is 0.814. The van der Waals surface area contributed by atoms with Gasteiger partial charge in [-0.25, -0.2) is 4.98 Å². The number of nitrogens with zero attached hydrogens (tertiary/aromatic N) is 2. The Morgan fingerprint density at radius 2 is 2.15 bits per heavy atom. The highest BCUT2D eigenvalue weighted by molar-refractivity contribution is 5.26. The van der Waals surface area contributed by atoms with Crippen LogP contribution >= 0.6 is 0 Å². The first-order valence-electron chi connectivity index (χ1n) is 4.21. The molecule has 4 N–H and O–H groups in total. The maximum absolute atomic E-state index is 11.5. The second-order valence-corrected chi connectivity index (χ2v) is 2.96. The SMILES string of the molecule is CCCc1c(C)nc(N)n(N)c1=O. The lowest BCUT2D eigenvalue weighted by Gasteiger charge is -2.07. The molecule has 0 spiro atoms. The van der Waals surface area contributed by atoms with E-state index in [9.17, 15) is 4.79 Å². The Balaban J connectivity index is 3.35. The number of aryl methyl sites for hydroxylation is 1. The summed E-state index contributed by atoms with van der Waals surface area (Å²) in [5.74, 6) is 5.46. The van der Waals surface area contributed by atoms with E-state index in [1.165, 1.54) is 0 Å². The highest BCUT2D eigenvalue weighted by atomic mass is 16.1. The molecule has 0 radical (unpaired) electrons. The van der Waals surface area contributed by atoms with Crippen LogP contribution in [0.15, 0.2) is 4.79 Å². The molecule has 72 valence electrons. The Morgan fingerprint density at radius 3 is 2.69 bits per heavy atom. The van der Waals surface area contributed by atoms with Gasteiger partial charge in [-0.3, -0.25) is 4.79 Å². The highest BCUT2D eigenvalue weighted by Crippen LogP contribution is 2.03. The van der Waals surface area contributed by atoms with Gasteiger partial charge < -0.3 is 11.6 Å². The van der Waals surface area contributed by atoms with Crippen LogP contribution in [0.5, 0.6) is 0 Å². The van der Waals surface area contributed by atoms with E-state index in [0.717, 1.165) is 11.1 Å². The van der Waals surface area contributed by atoms with Crippen LogP contribution in [0.25, 0.3) is 0 Å². The van der Waals surface area contributed by atoms with Crippen molar-refractivity contribution in [3.8, 4) is 0 Å². The first-order valence-corrected chi connectivity index (χ1v) is 4.21. The van der Waals surface area contributed by atoms with Crippen molar-refractivity contribution >= 4 is 5.95 Å². The van der Waals surface area contributed by atoms with Gasteiger partial charge in [0.1, 0.15) is 0 Å². The average Bonchev–Trinajstić information content (AvgIpc) is 2.09. The molecule has 5 heteroatoms. The van der Waals surface area contributed by atoms with Crippen LogP contribution in [0.4, 0.5) is 5.95 Å². The summed E-state index contributed by atoms with van der Waals surface area (Å²) in [6, 6.07) is 0. The van der Waals surface area contributed by atoms with Gasteiger partial charge >= 0.3 is 0 Å². The van der Waals surface area contributed by atoms with Gasteiger partial charge in [0.25, 0.3) is 5.56 Å². The molecule has 0 saturated heterocycles. The van der Waals surface area contributed by atoms with E-state index in [2.05, 4.69) is 4.98 Å². The predicted octanol–water partition coefficient (Wildman–Crippen LogP) is -0.200. The van der Waals surface area contributed by atoms with Crippen molar-refractivity contribution in [3.63, 3.8) is 0 Å². The van der Waals surface area contributed by atoms with Crippen LogP contribution in [0.3, 0.4) is 0 Å². The second-order valence-electron chi connectivity index (χ2n) is 2.96. The maximum atomic E-state index is 11.5. The molecule has 5 nitrogen and oxygen atoms in total. The van der Waals surface area contributed by atoms with Crippen molar-refractivity contribution in [2.24, 2.45) is 0 Å².